The lowest BCUT2D eigenvalue weighted by Crippen LogP contribution is -2.19. The Bertz CT molecular complexity index is 281. The Hall–Kier alpha value is -1.31. The first-order valence-corrected chi connectivity index (χ1v) is 4.18. The third-order valence-corrected chi connectivity index (χ3v) is 2.15. The Morgan fingerprint density at radius 2 is 1.92 bits per heavy atom. The number of rotatable bonds is 1. The van der Waals surface area contributed by atoms with Crippen molar-refractivity contribution in [2.24, 2.45) is 0 Å². The van der Waals surface area contributed by atoms with Crippen LogP contribution in [0.4, 0.5) is 5.69 Å². The molecule has 1 aromatic rings. The fraction of sp³-hybridized carbons (Fsp3) is 0.300. The summed E-state index contributed by atoms with van der Waals surface area (Å²) >= 11 is 0. The number of Topliss-reactive ketones (excluding diaryl/α,β-unsaturated/α-hetero) is 1. The summed E-state index contributed by atoms with van der Waals surface area (Å²) in [4.78, 5) is 13.1. The Labute approximate surface area is 71.8 Å². The van der Waals surface area contributed by atoms with Crippen LogP contribution >= 0.6 is 0 Å². The second-order valence-corrected chi connectivity index (χ2v) is 3.05. The van der Waals surface area contributed by atoms with Crippen LogP contribution in [-0.2, 0) is 4.79 Å². The maximum atomic E-state index is 11.0. The highest BCUT2D eigenvalue weighted by atomic mass is 16.1. The predicted molar refractivity (Wildman–Crippen MR) is 48.3 cm³/mol. The molecule has 0 unspecified atom stereocenters. The van der Waals surface area contributed by atoms with Crippen molar-refractivity contribution < 1.29 is 4.79 Å². The van der Waals surface area contributed by atoms with Crippen LogP contribution in [0.3, 0.4) is 0 Å². The van der Waals surface area contributed by atoms with Crippen LogP contribution in [0.15, 0.2) is 30.3 Å². The fourth-order valence-electron chi connectivity index (χ4n) is 1.49. The molecule has 62 valence electrons. The summed E-state index contributed by atoms with van der Waals surface area (Å²) in [5, 5.41) is 0. The highest BCUT2D eigenvalue weighted by Gasteiger charge is 2.18. The van der Waals surface area contributed by atoms with Gasteiger partial charge in [-0.3, -0.25) is 4.79 Å². The summed E-state index contributed by atoms with van der Waals surface area (Å²) in [5.74, 6) is 0.346. The summed E-state index contributed by atoms with van der Waals surface area (Å²) in [7, 11) is 0. The number of hydrogen-bond donors (Lipinski definition) is 0. The second kappa shape index (κ2) is 2.97. The Morgan fingerprint density at radius 3 is 2.50 bits per heavy atom. The first-order chi connectivity index (χ1) is 5.86. The average Bonchev–Trinajstić information content (AvgIpc) is 2.54. The maximum absolute atomic E-state index is 11.0. The third kappa shape index (κ3) is 1.33. The van der Waals surface area contributed by atoms with Gasteiger partial charge in [0.1, 0.15) is 0 Å². The molecule has 2 nitrogen and oxygen atoms in total. The van der Waals surface area contributed by atoms with E-state index in [4.69, 9.17) is 0 Å². The van der Waals surface area contributed by atoms with Crippen molar-refractivity contribution in [3.63, 3.8) is 0 Å². The lowest BCUT2D eigenvalue weighted by atomic mass is 10.3. The van der Waals surface area contributed by atoms with Gasteiger partial charge in [-0.2, -0.15) is 0 Å². The molecule has 2 rings (SSSR count). The largest absolute Gasteiger partial charge is 0.364 e. The van der Waals surface area contributed by atoms with Crippen molar-refractivity contribution in [3.05, 3.63) is 30.3 Å². The highest BCUT2D eigenvalue weighted by Crippen LogP contribution is 2.17. The van der Waals surface area contributed by atoms with E-state index in [-0.39, 0.29) is 0 Å². The highest BCUT2D eigenvalue weighted by molar-refractivity contribution is 5.87. The number of para-hydroxylation sites is 1. The summed E-state index contributed by atoms with van der Waals surface area (Å²) in [5.41, 5.74) is 1.16. The number of anilines is 1. The van der Waals surface area contributed by atoms with E-state index in [1.54, 1.807) is 0 Å². The number of benzene rings is 1. The van der Waals surface area contributed by atoms with Gasteiger partial charge in [0, 0.05) is 18.7 Å². The van der Waals surface area contributed by atoms with Gasteiger partial charge in [-0.05, 0) is 12.1 Å². The average molecular weight is 161 g/mol. The summed E-state index contributed by atoms with van der Waals surface area (Å²) < 4.78 is 0. The molecule has 1 saturated heterocycles. The van der Waals surface area contributed by atoms with Crippen molar-refractivity contribution in [1.29, 1.82) is 0 Å². The summed E-state index contributed by atoms with van der Waals surface area (Å²) in [6.45, 7) is 1.47. The van der Waals surface area contributed by atoms with E-state index in [0.29, 0.717) is 18.7 Å². The van der Waals surface area contributed by atoms with Crippen LogP contribution in [-0.4, -0.2) is 18.9 Å². The smallest absolute Gasteiger partial charge is 0.153 e. The van der Waals surface area contributed by atoms with E-state index in [1.807, 2.05) is 30.3 Å². The molecule has 1 fully saturated rings. The zero-order valence-electron chi connectivity index (χ0n) is 6.86. The molecule has 0 radical (unpaired) electrons. The lowest BCUT2D eigenvalue weighted by Gasteiger charge is -2.15. The minimum atomic E-state index is 0.346. The number of hydrogen-bond acceptors (Lipinski definition) is 2. The molecule has 0 aliphatic carbocycles. The van der Waals surface area contributed by atoms with Gasteiger partial charge in [0.05, 0.1) is 6.54 Å². The van der Waals surface area contributed by atoms with Crippen molar-refractivity contribution in [2.75, 3.05) is 18.0 Å². The SMILES string of the molecule is O=C1CCN(c2ccccc2)C1. The van der Waals surface area contributed by atoms with Crippen LogP contribution in [0.25, 0.3) is 0 Å². The quantitative estimate of drug-likeness (QED) is 0.621. The van der Waals surface area contributed by atoms with Crippen molar-refractivity contribution in [1.82, 2.24) is 0 Å². The molecule has 1 aliphatic heterocycles. The summed E-state index contributed by atoms with van der Waals surface area (Å²) in [6, 6.07) is 10.1. The molecule has 0 N–H and O–H groups in total. The molecule has 0 bridgehead atoms. The van der Waals surface area contributed by atoms with Gasteiger partial charge in [0.25, 0.3) is 0 Å². The van der Waals surface area contributed by atoms with Gasteiger partial charge in [-0.15, -0.1) is 0 Å². The monoisotopic (exact) mass is 161 g/mol. The van der Waals surface area contributed by atoms with Crippen LogP contribution in [0.2, 0.25) is 0 Å². The number of carbonyl (C=O) groups is 1. The summed E-state index contributed by atoms with van der Waals surface area (Å²) in [6.07, 6.45) is 0.703. The Morgan fingerprint density at radius 1 is 1.17 bits per heavy atom. The zero-order valence-corrected chi connectivity index (χ0v) is 6.86. The van der Waals surface area contributed by atoms with E-state index in [0.717, 1.165) is 12.2 Å². The molecule has 1 aromatic carbocycles. The molecule has 0 atom stereocenters. The van der Waals surface area contributed by atoms with Crippen LogP contribution < -0.4 is 4.90 Å². The second-order valence-electron chi connectivity index (χ2n) is 3.05. The van der Waals surface area contributed by atoms with Crippen molar-refractivity contribution in [3.8, 4) is 0 Å². The fourth-order valence-corrected chi connectivity index (χ4v) is 1.49. The van der Waals surface area contributed by atoms with E-state index in [1.165, 1.54) is 0 Å². The minimum absolute atomic E-state index is 0.346. The molecule has 12 heavy (non-hydrogen) atoms. The van der Waals surface area contributed by atoms with Crippen molar-refractivity contribution >= 4 is 11.5 Å². The van der Waals surface area contributed by atoms with E-state index < -0.39 is 0 Å². The van der Waals surface area contributed by atoms with E-state index >= 15 is 0 Å². The van der Waals surface area contributed by atoms with Crippen molar-refractivity contribution in [2.45, 2.75) is 6.42 Å². The van der Waals surface area contributed by atoms with E-state index in [2.05, 4.69) is 4.90 Å². The van der Waals surface area contributed by atoms with Crippen LogP contribution in [0, 0.1) is 0 Å². The number of nitrogens with zero attached hydrogens (tertiary/aromatic N) is 1. The Balaban J connectivity index is 2.16. The minimum Gasteiger partial charge on any atom is -0.364 e. The van der Waals surface area contributed by atoms with Gasteiger partial charge in [-0.1, -0.05) is 18.2 Å². The molecule has 0 aromatic heterocycles. The van der Waals surface area contributed by atoms with Gasteiger partial charge in [0.15, 0.2) is 5.78 Å². The van der Waals surface area contributed by atoms with Crippen LogP contribution in [0.5, 0.6) is 0 Å². The Kier molecular flexibility index (Phi) is 1.82. The first-order valence-electron chi connectivity index (χ1n) is 4.18. The van der Waals surface area contributed by atoms with Gasteiger partial charge in [-0.25, -0.2) is 0 Å². The molecule has 2 heteroatoms. The van der Waals surface area contributed by atoms with E-state index in [9.17, 15) is 4.79 Å². The van der Waals surface area contributed by atoms with Crippen LogP contribution in [0.1, 0.15) is 6.42 Å². The molecular formula is C10H11NO. The molecule has 0 saturated carbocycles. The topological polar surface area (TPSA) is 20.3 Å². The molecule has 0 spiro atoms. The zero-order chi connectivity index (χ0) is 8.39. The lowest BCUT2D eigenvalue weighted by molar-refractivity contribution is -0.116. The number of ketones is 1. The molecule has 1 heterocycles. The maximum Gasteiger partial charge on any atom is 0.153 e. The predicted octanol–water partition coefficient (Wildman–Crippen LogP) is 1.47. The third-order valence-electron chi connectivity index (χ3n) is 2.15. The normalized spacial score (nSPS) is 17.0. The standard InChI is InChI=1S/C10H11NO/c12-10-6-7-11(8-10)9-4-2-1-3-5-9/h1-5H,6-8H2. The molecule has 1 aliphatic rings. The molecular weight excluding hydrogens is 150 g/mol. The number of carbonyl (C=O) groups excluding carboxylic acids is 1. The first kappa shape index (κ1) is 7.35. The van der Waals surface area contributed by atoms with Gasteiger partial charge < -0.3 is 4.90 Å². The van der Waals surface area contributed by atoms with Gasteiger partial charge in [0.2, 0.25) is 0 Å². The van der Waals surface area contributed by atoms with Gasteiger partial charge >= 0.3 is 0 Å². The molecule has 0 amide bonds.